The predicted octanol–water partition coefficient (Wildman–Crippen LogP) is 0.145. The summed E-state index contributed by atoms with van der Waals surface area (Å²) in [6.07, 6.45) is -0.851. The molecular weight excluding hydrogens is 140 g/mol. The lowest BCUT2D eigenvalue weighted by molar-refractivity contribution is 0.233. The Morgan fingerprint density at radius 3 is 2.44 bits per heavy atom. The maximum atomic E-state index is 10.0. The summed E-state index contributed by atoms with van der Waals surface area (Å²) in [5.74, 6) is -0.144. The van der Waals surface area contributed by atoms with Gasteiger partial charge >= 0.3 is 0 Å². The maximum Gasteiger partial charge on any atom is 0.155 e. The van der Waals surface area contributed by atoms with Gasteiger partial charge in [0, 0.05) is 0 Å². The van der Waals surface area contributed by atoms with Gasteiger partial charge in [-0.15, -0.1) is 0 Å². The van der Waals surface area contributed by atoms with E-state index in [1.54, 1.807) is 6.92 Å². The summed E-state index contributed by atoms with van der Waals surface area (Å²) in [5, 5.41) is 8.84. The number of aliphatic hydroxyl groups excluding tert-OH is 1. The van der Waals surface area contributed by atoms with Crippen LogP contribution in [0, 0.1) is 0 Å². The Morgan fingerprint density at radius 1 is 1.89 bits per heavy atom. The van der Waals surface area contributed by atoms with Crippen molar-refractivity contribution in [3.05, 3.63) is 12.2 Å². The molecule has 0 saturated carbocycles. The highest BCUT2D eigenvalue weighted by molar-refractivity contribution is 7.79. The van der Waals surface area contributed by atoms with Crippen LogP contribution >= 0.6 is 0 Å². The lowest BCUT2D eigenvalue weighted by Crippen LogP contribution is -2.16. The van der Waals surface area contributed by atoms with Crippen LogP contribution in [0.25, 0.3) is 0 Å². The topological polar surface area (TPSA) is 57.5 Å². The van der Waals surface area contributed by atoms with Crippen molar-refractivity contribution in [2.45, 2.75) is 13.0 Å². The van der Waals surface area contributed by atoms with Crippen LogP contribution in [0.4, 0.5) is 0 Å². The van der Waals surface area contributed by atoms with Crippen LogP contribution < -0.4 is 0 Å². The normalized spacial score (nSPS) is 16.8. The second kappa shape index (κ2) is 3.76. The van der Waals surface area contributed by atoms with Gasteiger partial charge in [0.2, 0.25) is 0 Å². The zero-order valence-corrected chi connectivity index (χ0v) is 6.02. The molecule has 2 atom stereocenters. The Kier molecular flexibility index (Phi) is 3.68. The van der Waals surface area contributed by atoms with E-state index in [9.17, 15) is 4.21 Å². The van der Waals surface area contributed by atoms with E-state index in [1.807, 2.05) is 0 Å². The van der Waals surface area contributed by atoms with Gasteiger partial charge < -0.3 is 9.66 Å². The molecule has 0 radical (unpaired) electrons. The van der Waals surface area contributed by atoms with E-state index in [0.29, 0.717) is 5.57 Å². The van der Waals surface area contributed by atoms with E-state index in [2.05, 4.69) is 6.58 Å². The molecule has 54 valence electrons. The zero-order valence-electron chi connectivity index (χ0n) is 5.20. The SMILES string of the molecule is C=C(C)C(O)CS(=O)O. The van der Waals surface area contributed by atoms with E-state index in [4.69, 9.17) is 9.66 Å². The second-order valence-electron chi connectivity index (χ2n) is 1.85. The Balaban J connectivity index is 3.63. The fourth-order valence-corrected chi connectivity index (χ4v) is 0.832. The van der Waals surface area contributed by atoms with Crippen molar-refractivity contribution in [1.82, 2.24) is 0 Å². The lowest BCUT2D eigenvalue weighted by Gasteiger charge is -2.04. The third kappa shape index (κ3) is 4.32. The molecule has 0 rings (SSSR count). The predicted molar refractivity (Wildman–Crippen MR) is 36.5 cm³/mol. The van der Waals surface area contributed by atoms with Crippen molar-refractivity contribution >= 4 is 11.1 Å². The van der Waals surface area contributed by atoms with Gasteiger partial charge in [0.05, 0.1) is 11.9 Å². The Morgan fingerprint density at radius 2 is 2.33 bits per heavy atom. The summed E-state index contributed by atoms with van der Waals surface area (Å²) in [6.45, 7) is 5.02. The smallest absolute Gasteiger partial charge is 0.155 e. The van der Waals surface area contributed by atoms with Gasteiger partial charge in [0.15, 0.2) is 11.1 Å². The van der Waals surface area contributed by atoms with E-state index >= 15 is 0 Å². The third-order valence-corrected chi connectivity index (χ3v) is 1.47. The van der Waals surface area contributed by atoms with Crippen LogP contribution in [0.15, 0.2) is 12.2 Å². The minimum Gasteiger partial charge on any atom is -0.388 e. The van der Waals surface area contributed by atoms with E-state index < -0.39 is 17.2 Å². The van der Waals surface area contributed by atoms with Gasteiger partial charge in [-0.2, -0.15) is 0 Å². The van der Waals surface area contributed by atoms with Crippen molar-refractivity contribution in [3.63, 3.8) is 0 Å². The van der Waals surface area contributed by atoms with Gasteiger partial charge in [0.1, 0.15) is 0 Å². The summed E-state index contributed by atoms with van der Waals surface area (Å²) in [6, 6.07) is 0. The average molecular weight is 150 g/mol. The number of rotatable bonds is 3. The molecule has 0 fully saturated rings. The van der Waals surface area contributed by atoms with Crippen molar-refractivity contribution in [2.75, 3.05) is 5.75 Å². The summed E-state index contributed by atoms with van der Waals surface area (Å²) >= 11 is -1.93. The average Bonchev–Trinajstić information content (AvgIpc) is 1.63. The zero-order chi connectivity index (χ0) is 7.44. The van der Waals surface area contributed by atoms with Crippen LogP contribution in [0.1, 0.15) is 6.92 Å². The van der Waals surface area contributed by atoms with Crippen LogP contribution in [0.5, 0.6) is 0 Å². The quantitative estimate of drug-likeness (QED) is 0.444. The van der Waals surface area contributed by atoms with Gasteiger partial charge in [-0.05, 0) is 6.92 Å². The lowest BCUT2D eigenvalue weighted by atomic mass is 10.2. The number of hydrogen-bond acceptors (Lipinski definition) is 2. The molecule has 0 amide bonds. The minimum atomic E-state index is -1.93. The summed E-state index contributed by atoms with van der Waals surface area (Å²) in [5.41, 5.74) is 0.511. The van der Waals surface area contributed by atoms with Gasteiger partial charge in [-0.3, -0.25) is 0 Å². The summed E-state index contributed by atoms with van der Waals surface area (Å²) in [7, 11) is 0. The van der Waals surface area contributed by atoms with Crippen LogP contribution in [0.2, 0.25) is 0 Å². The molecule has 4 heteroatoms. The Hall–Kier alpha value is -0.190. The van der Waals surface area contributed by atoms with Gasteiger partial charge in [-0.1, -0.05) is 12.2 Å². The molecule has 0 aromatic rings. The second-order valence-corrected chi connectivity index (χ2v) is 2.83. The summed E-state index contributed by atoms with van der Waals surface area (Å²) in [4.78, 5) is 0. The third-order valence-electron chi connectivity index (χ3n) is 0.869. The van der Waals surface area contributed by atoms with Gasteiger partial charge in [0.25, 0.3) is 0 Å². The van der Waals surface area contributed by atoms with Gasteiger partial charge in [-0.25, -0.2) is 4.21 Å². The first-order valence-corrected chi connectivity index (χ1v) is 3.72. The molecule has 3 nitrogen and oxygen atoms in total. The highest BCUT2D eigenvalue weighted by atomic mass is 32.2. The Bertz CT molecular complexity index is 132. The molecule has 0 aliphatic carbocycles. The molecule has 2 unspecified atom stereocenters. The highest BCUT2D eigenvalue weighted by Crippen LogP contribution is 1.97. The first-order valence-electron chi connectivity index (χ1n) is 2.45. The van der Waals surface area contributed by atoms with Crippen molar-refractivity contribution in [3.8, 4) is 0 Å². The molecule has 9 heavy (non-hydrogen) atoms. The number of hydrogen-bond donors (Lipinski definition) is 2. The molecule has 0 bridgehead atoms. The first kappa shape index (κ1) is 8.81. The van der Waals surface area contributed by atoms with Crippen molar-refractivity contribution in [1.29, 1.82) is 0 Å². The van der Waals surface area contributed by atoms with E-state index in [-0.39, 0.29) is 5.75 Å². The van der Waals surface area contributed by atoms with Crippen LogP contribution in [-0.2, 0) is 11.1 Å². The number of aliphatic hydroxyl groups is 1. The van der Waals surface area contributed by atoms with E-state index in [1.165, 1.54) is 0 Å². The molecule has 0 aliphatic heterocycles. The monoisotopic (exact) mass is 150 g/mol. The molecule has 0 saturated heterocycles. The van der Waals surface area contributed by atoms with E-state index in [0.717, 1.165) is 0 Å². The molecular formula is C5H10O3S. The van der Waals surface area contributed by atoms with Crippen LogP contribution in [-0.4, -0.2) is 25.7 Å². The fraction of sp³-hybridized carbons (Fsp3) is 0.600. The minimum absolute atomic E-state index is 0.144. The first-order chi connectivity index (χ1) is 4.04. The van der Waals surface area contributed by atoms with Crippen molar-refractivity contribution in [2.24, 2.45) is 0 Å². The molecule has 0 aromatic carbocycles. The Labute approximate surface area is 56.7 Å². The molecule has 2 N–H and O–H groups in total. The molecule has 0 heterocycles. The van der Waals surface area contributed by atoms with Crippen molar-refractivity contribution < 1.29 is 13.9 Å². The molecule has 0 aliphatic rings. The fourth-order valence-electron chi connectivity index (χ4n) is 0.277. The molecule has 0 spiro atoms. The molecule has 0 aromatic heterocycles. The highest BCUT2D eigenvalue weighted by Gasteiger charge is 2.06. The van der Waals surface area contributed by atoms with Crippen LogP contribution in [0.3, 0.4) is 0 Å². The maximum absolute atomic E-state index is 10.0. The standard InChI is InChI=1S/C5H10O3S/c1-4(2)5(6)3-9(7)8/h5-6H,1,3H2,2H3,(H,7,8). The largest absolute Gasteiger partial charge is 0.388 e. The summed E-state index contributed by atoms with van der Waals surface area (Å²) < 4.78 is 18.3.